The molecular weight excluding hydrogens is 376 g/mol. The first-order chi connectivity index (χ1) is 13.9. The van der Waals surface area contributed by atoms with Gasteiger partial charge in [0.05, 0.1) is 9.40 Å². The average molecular weight is 393 g/mol. The maximum Gasteiger partial charge on any atom is 0.0542 e. The number of benzene rings is 4. The molecule has 0 amide bonds. The highest BCUT2D eigenvalue weighted by Gasteiger charge is 2.16. The van der Waals surface area contributed by atoms with E-state index in [4.69, 9.17) is 0 Å². The fourth-order valence-electron chi connectivity index (χ4n) is 3.99. The van der Waals surface area contributed by atoms with Gasteiger partial charge in [-0.25, -0.2) is 0 Å². The van der Waals surface area contributed by atoms with E-state index < -0.39 is 0 Å². The van der Waals surface area contributed by atoms with Crippen molar-refractivity contribution in [1.29, 1.82) is 0 Å². The molecule has 132 valence electrons. The highest BCUT2D eigenvalue weighted by atomic mass is 32.1. The molecule has 0 bridgehead atoms. The van der Waals surface area contributed by atoms with Crippen molar-refractivity contribution in [3.05, 3.63) is 97.1 Å². The molecule has 0 unspecified atom stereocenters. The normalized spacial score (nSPS) is 11.6. The van der Waals surface area contributed by atoms with Gasteiger partial charge in [0.15, 0.2) is 0 Å². The third-order valence-corrected chi connectivity index (χ3v) is 7.98. The smallest absolute Gasteiger partial charge is 0.0542 e. The Morgan fingerprint density at radius 1 is 0.357 bits per heavy atom. The maximum absolute atomic E-state index is 2.28. The first-order valence-corrected chi connectivity index (χ1v) is 11.0. The summed E-state index contributed by atoms with van der Waals surface area (Å²) in [6.45, 7) is 0. The molecule has 0 aliphatic rings. The Hall–Kier alpha value is -2.94. The minimum atomic E-state index is 1.29. The lowest BCUT2D eigenvalue weighted by molar-refractivity contribution is 1.67. The van der Waals surface area contributed by atoms with Crippen LogP contribution in [0.2, 0.25) is 0 Å². The van der Waals surface area contributed by atoms with Gasteiger partial charge in [0.25, 0.3) is 0 Å². The number of hydrogen-bond acceptors (Lipinski definition) is 2. The van der Waals surface area contributed by atoms with Gasteiger partial charge in [-0.3, -0.25) is 0 Å². The molecular formula is C26H16S2. The van der Waals surface area contributed by atoms with E-state index in [2.05, 4.69) is 97.1 Å². The Balaban J connectivity index is 1.67. The predicted molar refractivity (Wildman–Crippen MR) is 126 cm³/mol. The number of rotatable bonds is 2. The molecule has 0 atom stereocenters. The third kappa shape index (κ3) is 2.35. The van der Waals surface area contributed by atoms with E-state index in [1.807, 2.05) is 22.7 Å². The van der Waals surface area contributed by atoms with Gasteiger partial charge in [-0.15, -0.1) is 22.7 Å². The monoisotopic (exact) mass is 392 g/mol. The lowest BCUT2D eigenvalue weighted by atomic mass is 10.0. The molecule has 0 saturated heterocycles. The quantitative estimate of drug-likeness (QED) is 0.277. The van der Waals surface area contributed by atoms with Gasteiger partial charge in [0, 0.05) is 20.2 Å². The Kier molecular flexibility index (Phi) is 3.61. The SMILES string of the molecule is c1ccc(-c2cccc3c2sc2c4cccc(-c5ccccc5)c4sc32)cc1. The van der Waals surface area contributed by atoms with E-state index in [-0.39, 0.29) is 0 Å². The summed E-state index contributed by atoms with van der Waals surface area (Å²) in [7, 11) is 0. The van der Waals surface area contributed by atoms with Gasteiger partial charge in [-0.05, 0) is 22.3 Å². The first-order valence-electron chi connectivity index (χ1n) is 9.38. The number of fused-ring (bicyclic) bond motifs is 5. The summed E-state index contributed by atoms with van der Waals surface area (Å²) in [5.74, 6) is 0. The standard InChI is InChI=1S/C26H16S2/c1-3-9-17(10-4-1)19-13-7-15-21-23(19)27-26-22-16-8-14-20(24(22)28-25(21)26)18-11-5-2-6-12-18/h1-16H. The summed E-state index contributed by atoms with van der Waals surface area (Å²) in [4.78, 5) is 0. The zero-order valence-electron chi connectivity index (χ0n) is 15.1. The molecule has 2 heteroatoms. The zero-order valence-corrected chi connectivity index (χ0v) is 16.7. The van der Waals surface area contributed by atoms with E-state index in [0.29, 0.717) is 0 Å². The first kappa shape index (κ1) is 16.1. The third-order valence-electron chi connectivity index (χ3n) is 5.30. The van der Waals surface area contributed by atoms with Gasteiger partial charge in [0.1, 0.15) is 0 Å². The van der Waals surface area contributed by atoms with E-state index in [1.54, 1.807) is 0 Å². The summed E-state index contributed by atoms with van der Waals surface area (Å²) >= 11 is 3.87. The summed E-state index contributed by atoms with van der Waals surface area (Å²) in [5.41, 5.74) is 5.24. The molecule has 0 aliphatic heterocycles. The van der Waals surface area contributed by atoms with Crippen LogP contribution in [0.4, 0.5) is 0 Å². The van der Waals surface area contributed by atoms with Crippen molar-refractivity contribution >= 4 is 52.2 Å². The van der Waals surface area contributed by atoms with Gasteiger partial charge in [-0.1, -0.05) is 97.1 Å². The average Bonchev–Trinajstić information content (AvgIpc) is 3.31. The van der Waals surface area contributed by atoms with Crippen molar-refractivity contribution in [3.8, 4) is 22.3 Å². The lowest BCUT2D eigenvalue weighted by Gasteiger charge is -2.04. The van der Waals surface area contributed by atoms with Crippen molar-refractivity contribution in [3.63, 3.8) is 0 Å². The van der Waals surface area contributed by atoms with Crippen LogP contribution in [0.3, 0.4) is 0 Å². The minimum Gasteiger partial charge on any atom is -0.133 e. The molecule has 2 heterocycles. The molecule has 6 aromatic rings. The Morgan fingerprint density at radius 3 is 1.21 bits per heavy atom. The largest absolute Gasteiger partial charge is 0.133 e. The molecule has 0 aliphatic carbocycles. The summed E-state index contributed by atoms with van der Waals surface area (Å²) in [6.07, 6.45) is 0. The summed E-state index contributed by atoms with van der Waals surface area (Å²) in [5, 5.41) is 2.75. The number of hydrogen-bond donors (Lipinski definition) is 0. The second-order valence-electron chi connectivity index (χ2n) is 6.96. The summed E-state index contributed by atoms with van der Waals surface area (Å²) in [6, 6.07) is 34.9. The van der Waals surface area contributed by atoms with Gasteiger partial charge >= 0.3 is 0 Å². The zero-order chi connectivity index (χ0) is 18.5. The Morgan fingerprint density at radius 2 is 0.786 bits per heavy atom. The molecule has 6 rings (SSSR count). The highest BCUT2D eigenvalue weighted by Crippen LogP contribution is 2.48. The molecule has 4 aromatic carbocycles. The van der Waals surface area contributed by atoms with Crippen molar-refractivity contribution in [2.45, 2.75) is 0 Å². The van der Waals surface area contributed by atoms with Crippen molar-refractivity contribution < 1.29 is 0 Å². The van der Waals surface area contributed by atoms with Crippen LogP contribution >= 0.6 is 22.7 Å². The van der Waals surface area contributed by atoms with Crippen LogP contribution in [0.5, 0.6) is 0 Å². The number of thiophene rings is 2. The minimum absolute atomic E-state index is 1.29. The van der Waals surface area contributed by atoms with Crippen LogP contribution in [-0.4, -0.2) is 0 Å². The van der Waals surface area contributed by atoms with Crippen LogP contribution in [0, 0.1) is 0 Å². The van der Waals surface area contributed by atoms with Crippen LogP contribution in [-0.2, 0) is 0 Å². The molecule has 0 fully saturated rings. The highest BCUT2D eigenvalue weighted by molar-refractivity contribution is 7.37. The fourth-order valence-corrected chi connectivity index (χ4v) is 6.90. The predicted octanol–water partition coefficient (Wildman–Crippen LogP) is 8.60. The van der Waals surface area contributed by atoms with Crippen LogP contribution in [0.25, 0.3) is 51.8 Å². The second kappa shape index (κ2) is 6.30. The maximum atomic E-state index is 2.28. The molecule has 0 radical (unpaired) electrons. The van der Waals surface area contributed by atoms with E-state index >= 15 is 0 Å². The molecule has 0 nitrogen and oxygen atoms in total. The van der Waals surface area contributed by atoms with E-state index in [0.717, 1.165) is 0 Å². The molecule has 2 aromatic heterocycles. The van der Waals surface area contributed by atoms with E-state index in [1.165, 1.54) is 51.8 Å². The lowest BCUT2D eigenvalue weighted by Crippen LogP contribution is -1.77. The van der Waals surface area contributed by atoms with Crippen LogP contribution < -0.4 is 0 Å². The van der Waals surface area contributed by atoms with Gasteiger partial charge in [0.2, 0.25) is 0 Å². The molecule has 0 saturated carbocycles. The van der Waals surface area contributed by atoms with Gasteiger partial charge in [-0.2, -0.15) is 0 Å². The topological polar surface area (TPSA) is 0 Å². The van der Waals surface area contributed by atoms with Crippen molar-refractivity contribution in [2.24, 2.45) is 0 Å². The van der Waals surface area contributed by atoms with Crippen molar-refractivity contribution in [2.75, 3.05) is 0 Å². The van der Waals surface area contributed by atoms with Gasteiger partial charge < -0.3 is 0 Å². The Bertz CT molecular complexity index is 1320. The molecule has 0 spiro atoms. The van der Waals surface area contributed by atoms with Crippen LogP contribution in [0.1, 0.15) is 0 Å². The van der Waals surface area contributed by atoms with Crippen LogP contribution in [0.15, 0.2) is 97.1 Å². The van der Waals surface area contributed by atoms with E-state index in [9.17, 15) is 0 Å². The second-order valence-corrected chi connectivity index (χ2v) is 9.00. The molecule has 0 N–H and O–H groups in total. The Labute approximate surface area is 171 Å². The summed E-state index contributed by atoms with van der Waals surface area (Å²) < 4.78 is 5.61. The fraction of sp³-hybridized carbons (Fsp3) is 0. The van der Waals surface area contributed by atoms with Crippen molar-refractivity contribution in [1.82, 2.24) is 0 Å². The molecule has 28 heavy (non-hydrogen) atoms.